The Balaban J connectivity index is 1.47. The first kappa shape index (κ1) is 21.5. The molecule has 0 bridgehead atoms. The molecule has 0 aliphatic rings. The lowest BCUT2D eigenvalue weighted by atomic mass is 10.2. The van der Waals surface area contributed by atoms with E-state index in [1.54, 1.807) is 66.7 Å². The number of amides is 2. The first-order valence-electron chi connectivity index (χ1n) is 8.87. The second kappa shape index (κ2) is 10.6. The number of carbonyl (C=O) groups is 2. The SMILES string of the molecule is O=C(COc1ccc(/C=N\NC(=O)c2ccccc2Br)cc1)Nc1ccc(Cl)cc1. The van der Waals surface area contributed by atoms with E-state index in [0.29, 0.717) is 26.5 Å². The van der Waals surface area contributed by atoms with E-state index in [1.807, 2.05) is 6.07 Å². The van der Waals surface area contributed by atoms with Crippen molar-refractivity contribution in [3.63, 3.8) is 0 Å². The minimum absolute atomic E-state index is 0.127. The van der Waals surface area contributed by atoms with E-state index in [2.05, 4.69) is 31.8 Å². The second-order valence-electron chi connectivity index (χ2n) is 6.09. The van der Waals surface area contributed by atoms with Gasteiger partial charge in [-0.15, -0.1) is 0 Å². The van der Waals surface area contributed by atoms with Gasteiger partial charge in [-0.2, -0.15) is 5.10 Å². The summed E-state index contributed by atoms with van der Waals surface area (Å²) in [6.07, 6.45) is 1.52. The maximum Gasteiger partial charge on any atom is 0.272 e. The minimum atomic E-state index is -0.314. The van der Waals surface area contributed by atoms with Crippen molar-refractivity contribution >= 4 is 51.2 Å². The number of hydrazone groups is 1. The van der Waals surface area contributed by atoms with Gasteiger partial charge in [-0.25, -0.2) is 5.43 Å². The molecule has 0 fully saturated rings. The smallest absolute Gasteiger partial charge is 0.272 e. The summed E-state index contributed by atoms with van der Waals surface area (Å²) >= 11 is 9.14. The van der Waals surface area contributed by atoms with Crippen LogP contribution in [0.15, 0.2) is 82.4 Å². The number of ether oxygens (including phenoxy) is 1. The molecule has 2 N–H and O–H groups in total. The lowest BCUT2D eigenvalue weighted by Crippen LogP contribution is -2.20. The van der Waals surface area contributed by atoms with E-state index < -0.39 is 0 Å². The zero-order chi connectivity index (χ0) is 21.3. The Morgan fingerprint density at radius 3 is 2.40 bits per heavy atom. The van der Waals surface area contributed by atoms with Crippen LogP contribution in [0.1, 0.15) is 15.9 Å². The van der Waals surface area contributed by atoms with Gasteiger partial charge in [0.15, 0.2) is 6.61 Å². The van der Waals surface area contributed by atoms with Gasteiger partial charge in [0.2, 0.25) is 0 Å². The number of anilines is 1. The highest BCUT2D eigenvalue weighted by molar-refractivity contribution is 9.10. The highest BCUT2D eigenvalue weighted by Crippen LogP contribution is 2.16. The fourth-order valence-corrected chi connectivity index (χ4v) is 2.99. The van der Waals surface area contributed by atoms with E-state index >= 15 is 0 Å². The molecule has 0 atom stereocenters. The van der Waals surface area contributed by atoms with E-state index in [-0.39, 0.29) is 18.4 Å². The van der Waals surface area contributed by atoms with Gasteiger partial charge < -0.3 is 10.1 Å². The average molecular weight is 487 g/mol. The molecule has 0 spiro atoms. The number of carbonyl (C=O) groups excluding carboxylic acids is 2. The van der Waals surface area contributed by atoms with E-state index in [4.69, 9.17) is 16.3 Å². The van der Waals surface area contributed by atoms with Crippen LogP contribution in [0.5, 0.6) is 5.75 Å². The molecule has 0 radical (unpaired) electrons. The maximum absolute atomic E-state index is 12.1. The highest BCUT2D eigenvalue weighted by Gasteiger charge is 2.07. The van der Waals surface area contributed by atoms with Crippen molar-refractivity contribution in [1.82, 2.24) is 5.43 Å². The molecular weight excluding hydrogens is 470 g/mol. The Morgan fingerprint density at radius 2 is 1.70 bits per heavy atom. The number of halogens is 2. The fourth-order valence-electron chi connectivity index (χ4n) is 2.40. The van der Waals surface area contributed by atoms with Crippen LogP contribution in [0.4, 0.5) is 5.69 Å². The number of nitrogens with one attached hydrogen (secondary N) is 2. The zero-order valence-electron chi connectivity index (χ0n) is 15.6. The molecule has 0 saturated heterocycles. The molecule has 3 aromatic rings. The number of benzene rings is 3. The minimum Gasteiger partial charge on any atom is -0.484 e. The fraction of sp³-hybridized carbons (Fsp3) is 0.0455. The molecule has 3 rings (SSSR count). The summed E-state index contributed by atoms with van der Waals surface area (Å²) < 4.78 is 6.17. The molecule has 3 aromatic carbocycles. The van der Waals surface area contributed by atoms with Crippen molar-refractivity contribution in [3.05, 3.63) is 93.4 Å². The molecule has 6 nitrogen and oxygen atoms in total. The summed E-state index contributed by atoms with van der Waals surface area (Å²) in [6, 6.07) is 20.9. The Bertz CT molecular complexity index is 1050. The molecule has 2 amide bonds. The molecule has 8 heteroatoms. The summed E-state index contributed by atoms with van der Waals surface area (Å²) in [6.45, 7) is -0.127. The second-order valence-corrected chi connectivity index (χ2v) is 7.38. The van der Waals surface area contributed by atoms with Gasteiger partial charge in [0.25, 0.3) is 11.8 Å². The van der Waals surface area contributed by atoms with Crippen LogP contribution in [-0.4, -0.2) is 24.6 Å². The molecule has 0 heterocycles. The van der Waals surface area contributed by atoms with Gasteiger partial charge in [-0.3, -0.25) is 9.59 Å². The predicted molar refractivity (Wildman–Crippen MR) is 121 cm³/mol. The summed E-state index contributed by atoms with van der Waals surface area (Å²) in [5.41, 5.74) is 4.38. The normalized spacial score (nSPS) is 10.6. The molecule has 152 valence electrons. The van der Waals surface area contributed by atoms with Crippen LogP contribution < -0.4 is 15.5 Å². The first-order valence-corrected chi connectivity index (χ1v) is 10.0. The Labute approximate surface area is 187 Å². The van der Waals surface area contributed by atoms with E-state index in [9.17, 15) is 9.59 Å². The number of hydrogen-bond acceptors (Lipinski definition) is 4. The summed E-state index contributed by atoms with van der Waals surface area (Å²) in [5.74, 6) is -0.0567. The topological polar surface area (TPSA) is 79.8 Å². The quantitative estimate of drug-likeness (QED) is 0.369. The summed E-state index contributed by atoms with van der Waals surface area (Å²) in [7, 11) is 0. The van der Waals surface area contributed by atoms with E-state index in [1.165, 1.54) is 6.21 Å². The van der Waals surface area contributed by atoms with Crippen molar-refractivity contribution in [3.8, 4) is 5.75 Å². The van der Waals surface area contributed by atoms with Crippen LogP contribution in [0.2, 0.25) is 5.02 Å². The lowest BCUT2D eigenvalue weighted by molar-refractivity contribution is -0.118. The zero-order valence-corrected chi connectivity index (χ0v) is 18.0. The standard InChI is InChI=1S/C22H17BrClN3O3/c23-20-4-2-1-3-19(20)22(29)27-25-13-15-5-11-18(12-6-15)30-14-21(28)26-17-9-7-16(24)8-10-17/h1-13H,14H2,(H,26,28)(H,27,29)/b25-13-. The van der Waals surface area contributed by atoms with Crippen molar-refractivity contribution < 1.29 is 14.3 Å². The van der Waals surface area contributed by atoms with Gasteiger partial charge in [0.05, 0.1) is 11.8 Å². The van der Waals surface area contributed by atoms with Gasteiger partial charge in [-0.1, -0.05) is 23.7 Å². The monoisotopic (exact) mass is 485 g/mol. The van der Waals surface area contributed by atoms with Crippen molar-refractivity contribution in [1.29, 1.82) is 0 Å². The van der Waals surface area contributed by atoms with Crippen molar-refractivity contribution in [2.45, 2.75) is 0 Å². The van der Waals surface area contributed by atoms with Crippen LogP contribution in [-0.2, 0) is 4.79 Å². The van der Waals surface area contributed by atoms with Crippen LogP contribution >= 0.6 is 27.5 Å². The molecular formula is C22H17BrClN3O3. The predicted octanol–water partition coefficient (Wildman–Crippen LogP) is 4.88. The van der Waals surface area contributed by atoms with Crippen molar-refractivity contribution in [2.24, 2.45) is 5.10 Å². The molecule has 0 saturated carbocycles. The largest absolute Gasteiger partial charge is 0.484 e. The first-order chi connectivity index (χ1) is 14.5. The highest BCUT2D eigenvalue weighted by atomic mass is 79.9. The molecule has 0 aromatic heterocycles. The summed E-state index contributed by atoms with van der Waals surface area (Å²) in [5, 5.41) is 7.27. The van der Waals surface area contributed by atoms with Crippen LogP contribution in [0.3, 0.4) is 0 Å². The number of nitrogens with zero attached hydrogens (tertiary/aromatic N) is 1. The Morgan fingerprint density at radius 1 is 1.00 bits per heavy atom. The Hall–Kier alpha value is -3.16. The maximum atomic E-state index is 12.1. The van der Waals surface area contributed by atoms with Crippen LogP contribution in [0.25, 0.3) is 0 Å². The van der Waals surface area contributed by atoms with Gasteiger partial charge in [-0.05, 0) is 82.2 Å². The number of hydrogen-bond donors (Lipinski definition) is 2. The summed E-state index contributed by atoms with van der Waals surface area (Å²) in [4.78, 5) is 24.0. The molecule has 0 aliphatic heterocycles. The Kier molecular flexibility index (Phi) is 7.59. The van der Waals surface area contributed by atoms with E-state index in [0.717, 1.165) is 5.56 Å². The third-order valence-electron chi connectivity index (χ3n) is 3.88. The number of rotatable bonds is 7. The molecule has 0 aliphatic carbocycles. The third-order valence-corrected chi connectivity index (χ3v) is 4.82. The molecule has 0 unspecified atom stereocenters. The van der Waals surface area contributed by atoms with Crippen LogP contribution in [0, 0.1) is 0 Å². The van der Waals surface area contributed by atoms with Crippen molar-refractivity contribution in [2.75, 3.05) is 11.9 Å². The lowest BCUT2D eigenvalue weighted by Gasteiger charge is -2.08. The van der Waals surface area contributed by atoms with Gasteiger partial charge in [0.1, 0.15) is 5.75 Å². The third kappa shape index (κ3) is 6.43. The molecule has 30 heavy (non-hydrogen) atoms. The van der Waals surface area contributed by atoms with Gasteiger partial charge in [0, 0.05) is 15.2 Å². The van der Waals surface area contributed by atoms with Gasteiger partial charge >= 0.3 is 0 Å². The average Bonchev–Trinajstić information content (AvgIpc) is 2.75.